The summed E-state index contributed by atoms with van der Waals surface area (Å²) in [5.74, 6) is 0.673. The molecule has 16 heavy (non-hydrogen) atoms. The molecule has 0 spiro atoms. The molecule has 0 aromatic heterocycles. The predicted octanol–water partition coefficient (Wildman–Crippen LogP) is 0.910. The summed E-state index contributed by atoms with van der Waals surface area (Å²) in [7, 11) is 3.14. The second-order valence-corrected chi connectivity index (χ2v) is 4.05. The predicted molar refractivity (Wildman–Crippen MR) is 62.3 cm³/mol. The third kappa shape index (κ3) is 5.14. The number of nitrogens with two attached hydrogens (primary N) is 1. The van der Waals surface area contributed by atoms with Gasteiger partial charge in [-0.15, -0.1) is 0 Å². The van der Waals surface area contributed by atoms with Crippen molar-refractivity contribution >= 4 is 5.91 Å². The van der Waals surface area contributed by atoms with Crippen LogP contribution in [0.15, 0.2) is 11.8 Å². The van der Waals surface area contributed by atoms with Crippen LogP contribution in [0.1, 0.15) is 20.8 Å². The lowest BCUT2D eigenvalue weighted by Gasteiger charge is -2.22. The molecule has 2 N–H and O–H groups in total. The van der Waals surface area contributed by atoms with Gasteiger partial charge in [-0.2, -0.15) is 4.89 Å². The Kier molecular flexibility index (Phi) is 6.76. The lowest BCUT2D eigenvalue weighted by Crippen LogP contribution is -2.44. The van der Waals surface area contributed by atoms with Crippen LogP contribution in [-0.4, -0.2) is 37.6 Å². The lowest BCUT2D eigenvalue weighted by molar-refractivity contribution is -0.236. The van der Waals surface area contributed by atoms with Crippen LogP contribution in [0.25, 0.3) is 0 Å². The van der Waals surface area contributed by atoms with E-state index in [-0.39, 0.29) is 11.8 Å². The molecule has 5 heteroatoms. The largest absolute Gasteiger partial charge is 0.343 e. The molecule has 1 atom stereocenters. The molecule has 0 fully saturated rings. The first-order valence-corrected chi connectivity index (χ1v) is 5.28. The number of rotatable bonds is 6. The summed E-state index contributed by atoms with van der Waals surface area (Å²) in [5.41, 5.74) is 5.76. The number of amides is 1. The Morgan fingerprint density at radius 2 is 2.06 bits per heavy atom. The summed E-state index contributed by atoms with van der Waals surface area (Å²) in [6.45, 7) is 6.05. The van der Waals surface area contributed by atoms with Gasteiger partial charge in [-0.1, -0.05) is 13.8 Å². The minimum Gasteiger partial charge on any atom is -0.343 e. The highest BCUT2D eigenvalue weighted by Crippen LogP contribution is 2.03. The highest BCUT2D eigenvalue weighted by molar-refractivity contribution is 5.81. The van der Waals surface area contributed by atoms with E-state index in [0.717, 1.165) is 0 Å². The van der Waals surface area contributed by atoms with Gasteiger partial charge in [0.2, 0.25) is 5.91 Å². The van der Waals surface area contributed by atoms with Crippen molar-refractivity contribution in [1.82, 2.24) is 4.90 Å². The van der Waals surface area contributed by atoms with Crippen LogP contribution >= 0.6 is 0 Å². The van der Waals surface area contributed by atoms with Crippen LogP contribution in [0.5, 0.6) is 0 Å². The Morgan fingerprint density at radius 1 is 1.50 bits per heavy atom. The van der Waals surface area contributed by atoms with Gasteiger partial charge in [0.25, 0.3) is 0 Å². The van der Waals surface area contributed by atoms with Crippen LogP contribution < -0.4 is 5.73 Å². The van der Waals surface area contributed by atoms with E-state index in [2.05, 4.69) is 4.89 Å². The Labute approximate surface area is 97.1 Å². The van der Waals surface area contributed by atoms with Crippen molar-refractivity contribution in [3.05, 3.63) is 11.8 Å². The molecule has 0 aromatic rings. The maximum Gasteiger partial charge on any atom is 0.239 e. The molecular formula is C11H22N2O3. The van der Waals surface area contributed by atoms with Gasteiger partial charge in [0, 0.05) is 13.6 Å². The second-order valence-electron chi connectivity index (χ2n) is 4.05. The van der Waals surface area contributed by atoms with Crippen molar-refractivity contribution in [3.8, 4) is 0 Å². The maximum atomic E-state index is 11.8. The van der Waals surface area contributed by atoms with Gasteiger partial charge in [0.15, 0.2) is 0 Å². The molecule has 0 aromatic carbocycles. The second kappa shape index (κ2) is 7.24. The van der Waals surface area contributed by atoms with E-state index < -0.39 is 6.04 Å². The average molecular weight is 230 g/mol. The van der Waals surface area contributed by atoms with Gasteiger partial charge in [-0.05, 0) is 18.9 Å². The van der Waals surface area contributed by atoms with Crippen LogP contribution in [-0.2, 0) is 14.6 Å². The van der Waals surface area contributed by atoms with Crippen LogP contribution in [0.3, 0.4) is 0 Å². The zero-order chi connectivity index (χ0) is 12.7. The van der Waals surface area contributed by atoms with Crippen molar-refractivity contribution < 1.29 is 14.6 Å². The maximum absolute atomic E-state index is 11.8. The summed E-state index contributed by atoms with van der Waals surface area (Å²) < 4.78 is 0. The summed E-state index contributed by atoms with van der Waals surface area (Å²) in [6.07, 6.45) is 1.76. The third-order valence-corrected chi connectivity index (χ3v) is 2.25. The Balaban J connectivity index is 4.20. The third-order valence-electron chi connectivity index (χ3n) is 2.25. The smallest absolute Gasteiger partial charge is 0.239 e. The van der Waals surface area contributed by atoms with Gasteiger partial charge < -0.3 is 15.5 Å². The van der Waals surface area contributed by atoms with Crippen molar-refractivity contribution in [3.63, 3.8) is 0 Å². The summed E-state index contributed by atoms with van der Waals surface area (Å²) in [4.78, 5) is 22.6. The topological polar surface area (TPSA) is 64.8 Å². The molecular weight excluding hydrogens is 208 g/mol. The zero-order valence-corrected chi connectivity index (χ0v) is 10.7. The van der Waals surface area contributed by atoms with E-state index in [1.54, 1.807) is 24.9 Å². The van der Waals surface area contributed by atoms with E-state index >= 15 is 0 Å². The number of hydrogen-bond acceptors (Lipinski definition) is 4. The molecule has 0 bridgehead atoms. The number of likely N-dealkylation sites (N-methyl/N-ethyl adjacent to an activating group) is 1. The number of carbonyl (C=O) groups excluding carboxylic acids is 1. The van der Waals surface area contributed by atoms with Crippen LogP contribution in [0.2, 0.25) is 0 Å². The van der Waals surface area contributed by atoms with Crippen molar-refractivity contribution in [2.24, 2.45) is 11.7 Å². The fourth-order valence-electron chi connectivity index (χ4n) is 1.06. The normalized spacial score (nSPS) is 13.8. The van der Waals surface area contributed by atoms with Gasteiger partial charge in [-0.25, -0.2) is 0 Å². The van der Waals surface area contributed by atoms with Crippen molar-refractivity contribution in [2.75, 3.05) is 20.7 Å². The highest BCUT2D eigenvalue weighted by Gasteiger charge is 2.20. The molecule has 0 heterocycles. The standard InChI is InChI=1S/C11H22N2O3/c1-8(2)10(12)11(14)13(4)7-6-9(3)16-15-5/h6,8,10H,7,12H2,1-5H3/b9-6+. The van der Waals surface area contributed by atoms with Gasteiger partial charge in [0.05, 0.1) is 13.2 Å². The SMILES string of the molecule is COO/C(C)=C/CN(C)C(=O)C(N)C(C)C. The monoisotopic (exact) mass is 230 g/mol. The fraction of sp³-hybridized carbons (Fsp3) is 0.727. The molecule has 0 saturated carbocycles. The molecule has 94 valence electrons. The minimum absolute atomic E-state index is 0.0727. The molecule has 5 nitrogen and oxygen atoms in total. The molecule has 0 saturated heterocycles. The van der Waals surface area contributed by atoms with Crippen molar-refractivity contribution in [1.29, 1.82) is 0 Å². The quantitative estimate of drug-likeness (QED) is 0.418. The van der Waals surface area contributed by atoms with Gasteiger partial charge in [-0.3, -0.25) is 4.79 Å². The van der Waals surface area contributed by atoms with E-state index in [0.29, 0.717) is 12.3 Å². The van der Waals surface area contributed by atoms with E-state index in [1.807, 2.05) is 13.8 Å². The molecule has 0 aliphatic heterocycles. The van der Waals surface area contributed by atoms with E-state index in [1.165, 1.54) is 7.11 Å². The first-order chi connectivity index (χ1) is 7.40. The zero-order valence-electron chi connectivity index (χ0n) is 10.7. The van der Waals surface area contributed by atoms with E-state index in [9.17, 15) is 4.79 Å². The molecule has 0 rings (SSSR count). The first-order valence-electron chi connectivity index (χ1n) is 5.28. The average Bonchev–Trinajstić information content (AvgIpc) is 2.24. The molecule has 1 unspecified atom stereocenters. The number of carbonyl (C=O) groups is 1. The van der Waals surface area contributed by atoms with Gasteiger partial charge >= 0.3 is 0 Å². The number of hydrogen-bond donors (Lipinski definition) is 1. The minimum atomic E-state index is -0.456. The first kappa shape index (κ1) is 14.9. The number of nitrogens with zero attached hydrogens (tertiary/aromatic N) is 1. The highest BCUT2D eigenvalue weighted by atomic mass is 17.2. The lowest BCUT2D eigenvalue weighted by atomic mass is 10.0. The molecule has 0 radical (unpaired) electrons. The van der Waals surface area contributed by atoms with Crippen LogP contribution in [0, 0.1) is 5.92 Å². The summed E-state index contributed by atoms with van der Waals surface area (Å²) in [6, 6.07) is -0.456. The van der Waals surface area contributed by atoms with Gasteiger partial charge in [0.1, 0.15) is 5.76 Å². The van der Waals surface area contributed by atoms with Crippen LogP contribution in [0.4, 0.5) is 0 Å². The fourth-order valence-corrected chi connectivity index (χ4v) is 1.06. The van der Waals surface area contributed by atoms with E-state index in [4.69, 9.17) is 10.6 Å². The summed E-state index contributed by atoms with van der Waals surface area (Å²) in [5, 5.41) is 0. The molecule has 0 aliphatic rings. The van der Waals surface area contributed by atoms with Crippen molar-refractivity contribution in [2.45, 2.75) is 26.8 Å². The molecule has 1 amide bonds. The molecule has 0 aliphatic carbocycles. The summed E-state index contributed by atoms with van der Waals surface area (Å²) >= 11 is 0. The Bertz CT molecular complexity index is 252. The number of allylic oxidation sites excluding steroid dienone is 1. The Morgan fingerprint density at radius 3 is 2.50 bits per heavy atom. The Hall–Kier alpha value is -1.07.